The minimum atomic E-state index is -4.20. The molecule has 4 N–H and O–H groups in total. The molecule has 0 unspecified atom stereocenters. The summed E-state index contributed by atoms with van der Waals surface area (Å²) in [6, 6.07) is 0. The number of anilines is 2. The summed E-state index contributed by atoms with van der Waals surface area (Å²) in [5.41, 5.74) is 10.6. The van der Waals surface area contributed by atoms with Crippen LogP contribution in [0.1, 0.15) is 26.3 Å². The molecule has 2 bridgehead atoms. The van der Waals surface area contributed by atoms with Gasteiger partial charge in [0.15, 0.2) is 29.2 Å². The molecule has 4 fully saturated rings. The smallest absolute Gasteiger partial charge is 0.382 e. The number of nitrogens with zero attached hydrogens (tertiary/aromatic N) is 8. The molecule has 0 aliphatic carbocycles. The number of hydrogen-bond donors (Lipinski definition) is 4. The Morgan fingerprint density at radius 3 is 2.04 bits per heavy atom. The summed E-state index contributed by atoms with van der Waals surface area (Å²) in [7, 11) is 0. The van der Waals surface area contributed by atoms with Gasteiger partial charge in [-0.25, -0.2) is 39.0 Å². The second-order valence-electron chi connectivity index (χ2n) is 12.0. The van der Waals surface area contributed by atoms with Gasteiger partial charge >= 0.3 is 13.6 Å². The molecule has 0 radical (unpaired) electrons. The lowest BCUT2D eigenvalue weighted by Crippen LogP contribution is -2.47. The zero-order valence-electron chi connectivity index (χ0n) is 25.2. The predicted molar refractivity (Wildman–Crippen MR) is 174 cm³/mol. The van der Waals surface area contributed by atoms with Crippen LogP contribution in [0.25, 0.3) is 22.3 Å². The van der Waals surface area contributed by atoms with Crippen molar-refractivity contribution in [2.75, 3.05) is 31.3 Å². The molecule has 8 rings (SSSR count). The van der Waals surface area contributed by atoms with E-state index >= 15 is 0 Å². The van der Waals surface area contributed by atoms with Crippen LogP contribution in [-0.2, 0) is 41.4 Å². The Hall–Kier alpha value is -2.68. The van der Waals surface area contributed by atoms with Crippen LogP contribution in [0.15, 0.2) is 37.5 Å². The van der Waals surface area contributed by atoms with E-state index in [1.54, 1.807) is 22.1 Å². The molecule has 23 heteroatoms. The predicted octanol–water partition coefficient (Wildman–Crippen LogP) is 2.87. The van der Waals surface area contributed by atoms with Crippen molar-refractivity contribution in [3.8, 4) is 0 Å². The van der Waals surface area contributed by atoms with Crippen molar-refractivity contribution >= 4 is 72.1 Å². The first-order valence-corrected chi connectivity index (χ1v) is 20.0. The van der Waals surface area contributed by atoms with E-state index in [1.807, 2.05) is 13.0 Å². The van der Waals surface area contributed by atoms with Gasteiger partial charge < -0.3 is 25.7 Å². The van der Waals surface area contributed by atoms with Gasteiger partial charge in [0.1, 0.15) is 59.4 Å². The Bertz CT molecular complexity index is 2050. The van der Waals surface area contributed by atoms with Gasteiger partial charge in [-0.3, -0.25) is 27.2 Å². The number of nitrogens with two attached hydrogens (primary N) is 2. The summed E-state index contributed by atoms with van der Waals surface area (Å²) in [5.74, 6) is -0.276. The van der Waals surface area contributed by atoms with Crippen LogP contribution in [0.5, 0.6) is 0 Å². The standard InChI is InChI=1S/C25H30N10O9P2S2/c1-3-4-12-16-24(2,41-22(12)34-10-32-13-18(26)28-8-30-20(13)34)5-39-45(36,47)44-17-15-23(35-11-33-14-19(27)29-9-31-21(14)35)42-25(17,6-38-15)7-40-46(37,48)43-16/h3-4,8-12,15-17,22-23H,5-7H2,1-2H3,(H,36,47)(H,37,48)(H2,26,28,30)(H2,27,29,31)/b4-3-/t12-,15-,16+,17+,22-,23-,24-,25-,45-,46-/m1/s1. The van der Waals surface area contributed by atoms with Crippen LogP contribution < -0.4 is 11.5 Å². The molecule has 4 aromatic rings. The summed E-state index contributed by atoms with van der Waals surface area (Å²) in [6.07, 6.45) is 4.48. The molecule has 4 saturated heterocycles. The van der Waals surface area contributed by atoms with E-state index in [4.69, 9.17) is 43.8 Å². The SMILES string of the molecule is C/C=C\[C@H]1[C@H](n2cnc3c(N)ncnc32)O[C@]2(C)CO[P@@](=O)(S)O[C@H]3[C@H]4OC[C@]3(CO[P@@](=O)(S)O[C@@H]12)O[C@H]4n1cnc2c(N)ncnc21. The third-order valence-corrected chi connectivity index (χ3v) is 12.0. The van der Waals surface area contributed by atoms with E-state index in [1.165, 1.54) is 25.3 Å². The second kappa shape index (κ2) is 11.4. The van der Waals surface area contributed by atoms with Crippen molar-refractivity contribution in [2.45, 2.75) is 55.8 Å². The Balaban J connectivity index is 1.15. The maximum absolute atomic E-state index is 14.1. The molecular formula is C25H30N10O9P2S2. The van der Waals surface area contributed by atoms with Crippen molar-refractivity contribution < 1.29 is 41.4 Å². The van der Waals surface area contributed by atoms with E-state index in [2.05, 4.69) is 54.4 Å². The highest BCUT2D eigenvalue weighted by Gasteiger charge is 2.66. The molecule has 0 spiro atoms. The fraction of sp³-hybridized carbons (Fsp3) is 0.520. The van der Waals surface area contributed by atoms with Gasteiger partial charge in [0.2, 0.25) is 0 Å². The first kappa shape index (κ1) is 32.5. The van der Waals surface area contributed by atoms with Gasteiger partial charge in [-0.05, 0) is 13.8 Å². The normalized spacial score (nSPS) is 40.2. The lowest BCUT2D eigenvalue weighted by atomic mass is 9.91. The number of ether oxygens (including phenoxy) is 3. The number of hydrogen-bond acceptors (Lipinski definition) is 17. The summed E-state index contributed by atoms with van der Waals surface area (Å²) in [4.78, 5) is 25.3. The third kappa shape index (κ3) is 5.19. The van der Waals surface area contributed by atoms with Crippen LogP contribution >= 0.6 is 38.1 Å². The van der Waals surface area contributed by atoms with Crippen LogP contribution in [0.3, 0.4) is 0 Å². The highest BCUT2D eigenvalue weighted by molar-refractivity contribution is 8.44. The highest BCUT2D eigenvalue weighted by Crippen LogP contribution is 2.64. The quantitative estimate of drug-likeness (QED) is 0.134. The minimum Gasteiger partial charge on any atom is -0.382 e. The largest absolute Gasteiger partial charge is 0.386 e. The Kier molecular flexibility index (Phi) is 7.74. The Labute approximate surface area is 282 Å². The van der Waals surface area contributed by atoms with Crippen LogP contribution in [-0.4, -0.2) is 88.4 Å². The molecule has 8 heterocycles. The van der Waals surface area contributed by atoms with E-state index in [0.717, 1.165) is 0 Å². The van der Waals surface area contributed by atoms with Crippen molar-refractivity contribution in [3.63, 3.8) is 0 Å². The zero-order valence-corrected chi connectivity index (χ0v) is 28.8. The second-order valence-corrected chi connectivity index (χ2v) is 17.7. The molecule has 0 amide bonds. The fourth-order valence-corrected chi connectivity index (χ4v) is 9.80. The van der Waals surface area contributed by atoms with Crippen molar-refractivity contribution in [1.82, 2.24) is 39.0 Å². The summed E-state index contributed by atoms with van der Waals surface area (Å²) in [5, 5.41) is 0. The van der Waals surface area contributed by atoms with Gasteiger partial charge in [0, 0.05) is 0 Å². The van der Waals surface area contributed by atoms with Crippen LogP contribution in [0.2, 0.25) is 0 Å². The van der Waals surface area contributed by atoms with Gasteiger partial charge in [-0.2, -0.15) is 0 Å². The lowest BCUT2D eigenvalue weighted by Gasteiger charge is -2.36. The third-order valence-electron chi connectivity index (χ3n) is 8.86. The van der Waals surface area contributed by atoms with Gasteiger partial charge in [0.25, 0.3) is 0 Å². The molecule has 48 heavy (non-hydrogen) atoms. The summed E-state index contributed by atoms with van der Waals surface area (Å²) < 4.78 is 74.5. The van der Waals surface area contributed by atoms with E-state index < -0.39 is 68.1 Å². The minimum absolute atomic E-state index is 0.0731. The van der Waals surface area contributed by atoms with E-state index in [9.17, 15) is 9.13 Å². The molecule has 0 saturated carbocycles. The molecule has 4 aliphatic rings. The number of aromatic nitrogens is 8. The highest BCUT2D eigenvalue weighted by atomic mass is 32.7. The molecule has 19 nitrogen and oxygen atoms in total. The maximum atomic E-state index is 14.1. The molecule has 4 aromatic heterocycles. The zero-order chi connectivity index (χ0) is 33.6. The summed E-state index contributed by atoms with van der Waals surface area (Å²) in [6.45, 7) is -5.76. The number of thiol groups is 2. The van der Waals surface area contributed by atoms with Gasteiger partial charge in [-0.15, -0.1) is 0 Å². The van der Waals surface area contributed by atoms with Gasteiger partial charge in [0.05, 0.1) is 38.4 Å². The topological polar surface area (TPSA) is 238 Å². The first-order chi connectivity index (χ1) is 22.8. The van der Waals surface area contributed by atoms with Crippen molar-refractivity contribution in [3.05, 3.63) is 37.5 Å². The monoisotopic (exact) mass is 740 g/mol. The number of rotatable bonds is 3. The lowest BCUT2D eigenvalue weighted by molar-refractivity contribution is -0.183. The fourth-order valence-electron chi connectivity index (χ4n) is 6.67. The van der Waals surface area contributed by atoms with Crippen molar-refractivity contribution in [1.29, 1.82) is 0 Å². The molecule has 0 aromatic carbocycles. The average Bonchev–Trinajstić information content (AvgIpc) is 3.85. The Morgan fingerprint density at radius 2 is 1.42 bits per heavy atom. The Morgan fingerprint density at radius 1 is 0.833 bits per heavy atom. The first-order valence-electron chi connectivity index (χ1n) is 14.6. The van der Waals surface area contributed by atoms with E-state index in [0.29, 0.717) is 22.3 Å². The van der Waals surface area contributed by atoms with Crippen molar-refractivity contribution in [2.24, 2.45) is 5.92 Å². The van der Waals surface area contributed by atoms with Crippen LogP contribution in [0.4, 0.5) is 11.6 Å². The number of allylic oxidation sites excluding steroid dienone is 1. The number of nitrogen functional groups attached to an aromatic ring is 2. The van der Waals surface area contributed by atoms with E-state index in [-0.39, 0.29) is 24.8 Å². The number of fused-ring (bicyclic) bond motifs is 3. The molecule has 4 aliphatic heterocycles. The van der Waals surface area contributed by atoms with Gasteiger partial charge in [-0.1, -0.05) is 36.6 Å². The molecule has 10 atom stereocenters. The maximum Gasteiger partial charge on any atom is 0.386 e. The summed E-state index contributed by atoms with van der Waals surface area (Å²) >= 11 is 8.69. The van der Waals surface area contributed by atoms with Crippen LogP contribution in [0, 0.1) is 5.92 Å². The average molecular weight is 741 g/mol. The molecular weight excluding hydrogens is 710 g/mol. The number of imidazole rings is 2. The molecule has 256 valence electrons.